The third-order valence-corrected chi connectivity index (χ3v) is 3.42. The molecule has 3 rings (SSSR count). The van der Waals surface area contributed by atoms with Gasteiger partial charge in [0.25, 0.3) is 0 Å². The number of halogens is 1. The molecule has 0 bridgehead atoms. The maximum atomic E-state index is 3.57. The van der Waals surface area contributed by atoms with Crippen LogP contribution >= 0.6 is 0 Å². The Kier molecular flexibility index (Phi) is 3.89. The van der Waals surface area contributed by atoms with Crippen LogP contribution in [0.25, 0.3) is 0 Å². The average Bonchev–Trinajstić information content (AvgIpc) is 2.82. The molecule has 1 atom stereocenters. The molecule has 0 saturated heterocycles. The van der Waals surface area contributed by atoms with Crippen molar-refractivity contribution in [2.45, 2.75) is 25.3 Å². The molecule has 0 radical (unpaired) electrons. The van der Waals surface area contributed by atoms with Crippen LogP contribution in [0.5, 0.6) is 0 Å². The molecule has 17 heavy (non-hydrogen) atoms. The second kappa shape index (κ2) is 5.41. The first-order valence-electron chi connectivity index (χ1n) is 6.12. The maximum absolute atomic E-state index is 3.57. The molecule has 2 aliphatic rings. The van der Waals surface area contributed by atoms with E-state index in [0.717, 1.165) is 19.0 Å². The first-order chi connectivity index (χ1) is 7.93. The topological polar surface area (TPSA) is 38.0 Å². The molecule has 3 N–H and O–H groups in total. The summed E-state index contributed by atoms with van der Waals surface area (Å²) in [6.45, 7) is 2.05. The van der Waals surface area contributed by atoms with Crippen molar-refractivity contribution >= 4 is 5.96 Å². The van der Waals surface area contributed by atoms with Gasteiger partial charge in [-0.15, -0.1) is 0 Å². The van der Waals surface area contributed by atoms with E-state index in [0.29, 0.717) is 6.04 Å². The highest BCUT2D eigenvalue weighted by molar-refractivity contribution is 5.75. The molecule has 0 aromatic heterocycles. The lowest BCUT2D eigenvalue weighted by Crippen LogP contribution is -3.00. The number of nitrogens with one attached hydrogen (secondary N) is 3. The minimum atomic E-state index is 0. The Morgan fingerprint density at radius 3 is 3.00 bits per heavy atom. The molecular formula is C13H18ClN3. The molecule has 1 heterocycles. The van der Waals surface area contributed by atoms with Gasteiger partial charge in [-0.25, -0.2) is 0 Å². The number of guanidine groups is 1. The predicted molar refractivity (Wildman–Crippen MR) is 64.1 cm³/mol. The first kappa shape index (κ1) is 12.2. The van der Waals surface area contributed by atoms with Gasteiger partial charge in [0, 0.05) is 0 Å². The van der Waals surface area contributed by atoms with Crippen molar-refractivity contribution in [2.75, 3.05) is 13.1 Å². The van der Waals surface area contributed by atoms with E-state index in [1.165, 1.54) is 30.4 Å². The van der Waals surface area contributed by atoms with Gasteiger partial charge in [0.15, 0.2) is 0 Å². The van der Waals surface area contributed by atoms with Gasteiger partial charge in [-0.2, -0.15) is 0 Å². The van der Waals surface area contributed by atoms with Gasteiger partial charge in [-0.1, -0.05) is 24.3 Å². The highest BCUT2D eigenvalue weighted by Crippen LogP contribution is 2.28. The standard InChI is InChI=1S/C13H17N3.ClH/c1-2-6-11-10(4-1)5-3-7-12(11)16-13-14-8-9-15-13;/h1-2,4,6,12H,3,5,7-9H2,(H2,14,15,16);1H. The van der Waals surface area contributed by atoms with E-state index < -0.39 is 0 Å². The van der Waals surface area contributed by atoms with E-state index in [-0.39, 0.29) is 12.4 Å². The zero-order chi connectivity index (χ0) is 10.8. The van der Waals surface area contributed by atoms with Crippen LogP contribution in [0.2, 0.25) is 0 Å². The number of rotatable bonds is 1. The van der Waals surface area contributed by atoms with Crippen molar-refractivity contribution in [1.82, 2.24) is 10.6 Å². The summed E-state index contributed by atoms with van der Waals surface area (Å²) in [5, 5.41) is 6.90. The lowest BCUT2D eigenvalue weighted by molar-refractivity contribution is -0.447. The van der Waals surface area contributed by atoms with Gasteiger partial charge in [0.05, 0.1) is 13.1 Å². The van der Waals surface area contributed by atoms with Crippen LogP contribution in [0, 0.1) is 0 Å². The smallest absolute Gasteiger partial charge is 0.344 e. The van der Waals surface area contributed by atoms with Gasteiger partial charge >= 0.3 is 5.96 Å². The van der Waals surface area contributed by atoms with Gasteiger partial charge in [0.1, 0.15) is 6.04 Å². The van der Waals surface area contributed by atoms with E-state index in [1.807, 2.05) is 0 Å². The summed E-state index contributed by atoms with van der Waals surface area (Å²) in [4.78, 5) is 3.33. The van der Waals surface area contributed by atoms with Crippen LogP contribution in [0.15, 0.2) is 24.3 Å². The summed E-state index contributed by atoms with van der Waals surface area (Å²) in [7, 11) is 0. The Bertz CT molecular complexity index is 417. The summed E-state index contributed by atoms with van der Waals surface area (Å²) in [5.41, 5.74) is 2.97. The minimum Gasteiger partial charge on any atom is -1.00 e. The molecule has 0 saturated carbocycles. The zero-order valence-electron chi connectivity index (χ0n) is 9.80. The van der Waals surface area contributed by atoms with Crippen molar-refractivity contribution < 1.29 is 17.4 Å². The molecule has 0 spiro atoms. The van der Waals surface area contributed by atoms with Crippen LogP contribution in [0.4, 0.5) is 0 Å². The van der Waals surface area contributed by atoms with Crippen LogP contribution in [-0.4, -0.2) is 19.0 Å². The van der Waals surface area contributed by atoms with Gasteiger partial charge in [-0.3, -0.25) is 15.6 Å². The highest BCUT2D eigenvalue weighted by Gasteiger charge is 2.24. The fourth-order valence-electron chi connectivity index (χ4n) is 2.62. The van der Waals surface area contributed by atoms with Crippen molar-refractivity contribution in [1.29, 1.82) is 0 Å². The Labute approximate surface area is 108 Å². The molecule has 3 nitrogen and oxygen atoms in total. The first-order valence-corrected chi connectivity index (χ1v) is 6.12. The Hall–Kier alpha value is -1.22. The van der Waals surface area contributed by atoms with Crippen molar-refractivity contribution in [3.63, 3.8) is 0 Å². The van der Waals surface area contributed by atoms with Crippen molar-refractivity contribution in [2.24, 2.45) is 0 Å². The second-order valence-electron chi connectivity index (χ2n) is 4.52. The Morgan fingerprint density at radius 2 is 2.18 bits per heavy atom. The van der Waals surface area contributed by atoms with E-state index >= 15 is 0 Å². The highest BCUT2D eigenvalue weighted by atomic mass is 35.5. The largest absolute Gasteiger partial charge is 1.00 e. The summed E-state index contributed by atoms with van der Waals surface area (Å²) < 4.78 is 0. The van der Waals surface area contributed by atoms with Crippen molar-refractivity contribution in [3.05, 3.63) is 35.4 Å². The lowest BCUT2D eigenvalue weighted by Gasteiger charge is -2.23. The fourth-order valence-corrected chi connectivity index (χ4v) is 2.62. The summed E-state index contributed by atoms with van der Waals surface area (Å²) in [6.07, 6.45) is 3.73. The monoisotopic (exact) mass is 251 g/mol. The van der Waals surface area contributed by atoms with E-state index in [2.05, 4.69) is 39.9 Å². The van der Waals surface area contributed by atoms with Crippen molar-refractivity contribution in [3.8, 4) is 0 Å². The third kappa shape index (κ3) is 2.55. The van der Waals surface area contributed by atoms with E-state index in [9.17, 15) is 0 Å². The number of hydrogen-bond acceptors (Lipinski definition) is 2. The Morgan fingerprint density at radius 1 is 1.29 bits per heavy atom. The SMILES string of the molecule is [Cl-].c1ccc2c(c1)CCCC2NC1=[NH+]CCN1. The number of hydrogen-bond donors (Lipinski definition) is 3. The number of aryl methyl sites for hydroxylation is 1. The molecule has 1 aromatic rings. The predicted octanol–water partition coefficient (Wildman–Crippen LogP) is -3.30. The minimum absolute atomic E-state index is 0. The lowest BCUT2D eigenvalue weighted by atomic mass is 9.88. The second-order valence-corrected chi connectivity index (χ2v) is 4.52. The Balaban J connectivity index is 0.00000108. The fraction of sp³-hybridized carbons (Fsp3) is 0.462. The maximum Gasteiger partial charge on any atom is 0.344 e. The van der Waals surface area contributed by atoms with E-state index in [1.54, 1.807) is 0 Å². The molecule has 0 amide bonds. The van der Waals surface area contributed by atoms with Crippen LogP contribution in [0.1, 0.15) is 30.0 Å². The summed E-state index contributed by atoms with van der Waals surface area (Å²) in [6, 6.07) is 9.25. The summed E-state index contributed by atoms with van der Waals surface area (Å²) >= 11 is 0. The molecule has 1 aliphatic carbocycles. The number of benzene rings is 1. The van der Waals surface area contributed by atoms with Crippen LogP contribution in [0.3, 0.4) is 0 Å². The quantitative estimate of drug-likeness (QED) is 0.489. The molecular weight excluding hydrogens is 234 g/mol. The summed E-state index contributed by atoms with van der Waals surface area (Å²) in [5.74, 6) is 1.10. The molecule has 0 fully saturated rings. The third-order valence-electron chi connectivity index (χ3n) is 3.42. The van der Waals surface area contributed by atoms with Gasteiger partial charge in [0.2, 0.25) is 0 Å². The molecule has 1 aromatic carbocycles. The zero-order valence-corrected chi connectivity index (χ0v) is 10.6. The van der Waals surface area contributed by atoms with Crippen LogP contribution < -0.4 is 28.0 Å². The molecule has 4 heteroatoms. The average molecular weight is 252 g/mol. The van der Waals surface area contributed by atoms with E-state index in [4.69, 9.17) is 0 Å². The van der Waals surface area contributed by atoms with Crippen LogP contribution in [-0.2, 0) is 6.42 Å². The van der Waals surface area contributed by atoms with Gasteiger partial charge < -0.3 is 12.4 Å². The van der Waals surface area contributed by atoms with Gasteiger partial charge in [-0.05, 0) is 30.4 Å². The normalized spacial score (nSPS) is 21.9. The molecule has 1 unspecified atom stereocenters. The molecule has 1 aliphatic heterocycles. The molecule has 92 valence electrons. The number of fused-ring (bicyclic) bond motifs is 1.